The molecule has 2 aromatic carbocycles. The topological polar surface area (TPSA) is 38.3 Å². The number of halogens is 2. The van der Waals surface area contributed by atoms with Crippen molar-refractivity contribution in [1.29, 1.82) is 0 Å². The van der Waals surface area contributed by atoms with E-state index in [0.717, 1.165) is 32.7 Å². The van der Waals surface area contributed by atoms with Crippen LogP contribution in [-0.4, -0.2) is 18.8 Å². The number of anilines is 1. The first-order valence-electron chi connectivity index (χ1n) is 7.37. The Balaban J connectivity index is 1.89. The number of carbonyl (C=O) groups is 1. The molecule has 0 aliphatic rings. The van der Waals surface area contributed by atoms with E-state index in [-0.39, 0.29) is 5.91 Å². The van der Waals surface area contributed by atoms with Gasteiger partial charge in [-0.2, -0.15) is 0 Å². The second-order valence-electron chi connectivity index (χ2n) is 5.45. The highest BCUT2D eigenvalue weighted by atomic mass is 79.9. The fraction of sp³-hybridized carbons (Fsp3) is 0.278. The van der Waals surface area contributed by atoms with E-state index in [1.807, 2.05) is 44.2 Å². The van der Waals surface area contributed by atoms with E-state index in [0.29, 0.717) is 16.5 Å². The van der Waals surface area contributed by atoms with Crippen LogP contribution in [0.1, 0.15) is 16.7 Å². The molecule has 128 valence electrons. The smallest absolute Gasteiger partial charge is 0.234 e. The van der Waals surface area contributed by atoms with Crippen molar-refractivity contribution in [2.45, 2.75) is 19.6 Å². The molecular formula is C18H19BrClNO2S. The minimum absolute atomic E-state index is 0.0542. The van der Waals surface area contributed by atoms with Crippen molar-refractivity contribution < 1.29 is 9.53 Å². The van der Waals surface area contributed by atoms with Crippen LogP contribution in [0, 0.1) is 13.8 Å². The van der Waals surface area contributed by atoms with E-state index >= 15 is 0 Å². The first kappa shape index (κ1) is 19.2. The summed E-state index contributed by atoms with van der Waals surface area (Å²) in [7, 11) is 1.64. The molecule has 1 amide bonds. The third-order valence-corrected chi connectivity index (χ3v) is 5.34. The number of benzene rings is 2. The Bertz CT molecular complexity index is 729. The Hall–Kier alpha value is -1.17. The van der Waals surface area contributed by atoms with Crippen LogP contribution in [0.4, 0.5) is 5.69 Å². The van der Waals surface area contributed by atoms with Crippen molar-refractivity contribution in [3.63, 3.8) is 0 Å². The van der Waals surface area contributed by atoms with E-state index in [4.69, 9.17) is 16.3 Å². The first-order chi connectivity index (χ1) is 11.4. The molecule has 0 atom stereocenters. The molecule has 6 heteroatoms. The predicted molar refractivity (Wildman–Crippen MR) is 106 cm³/mol. The zero-order chi connectivity index (χ0) is 17.7. The highest BCUT2D eigenvalue weighted by Crippen LogP contribution is 2.29. The van der Waals surface area contributed by atoms with Crippen molar-refractivity contribution in [2.75, 3.05) is 18.2 Å². The van der Waals surface area contributed by atoms with E-state index in [1.165, 1.54) is 0 Å². The molecule has 2 aromatic rings. The number of nitrogens with one attached hydrogen (secondary N) is 1. The van der Waals surface area contributed by atoms with Gasteiger partial charge in [-0.1, -0.05) is 23.7 Å². The van der Waals surface area contributed by atoms with Crippen LogP contribution >= 0.6 is 39.3 Å². The van der Waals surface area contributed by atoms with Crippen LogP contribution in [0.5, 0.6) is 5.75 Å². The van der Waals surface area contributed by atoms with Gasteiger partial charge in [0.15, 0.2) is 0 Å². The number of methoxy groups -OCH3 is 1. The lowest BCUT2D eigenvalue weighted by atomic mass is 10.1. The molecule has 1 N–H and O–H groups in total. The lowest BCUT2D eigenvalue weighted by Gasteiger charge is -2.11. The Morgan fingerprint density at radius 2 is 2.04 bits per heavy atom. The summed E-state index contributed by atoms with van der Waals surface area (Å²) in [5.41, 5.74) is 3.87. The Kier molecular flexibility index (Phi) is 7.02. The lowest BCUT2D eigenvalue weighted by Crippen LogP contribution is -2.15. The number of carbonyl (C=O) groups excluding carboxylic acids is 1. The van der Waals surface area contributed by atoms with Gasteiger partial charge < -0.3 is 10.1 Å². The summed E-state index contributed by atoms with van der Waals surface area (Å²) in [6.07, 6.45) is 0. The molecule has 3 nitrogen and oxygen atoms in total. The highest BCUT2D eigenvalue weighted by molar-refractivity contribution is 9.10. The van der Waals surface area contributed by atoms with Crippen molar-refractivity contribution in [1.82, 2.24) is 0 Å². The van der Waals surface area contributed by atoms with Crippen LogP contribution in [0.15, 0.2) is 34.8 Å². The van der Waals surface area contributed by atoms with Gasteiger partial charge in [0.05, 0.1) is 28.0 Å². The van der Waals surface area contributed by atoms with E-state index in [9.17, 15) is 4.79 Å². The van der Waals surface area contributed by atoms with Crippen molar-refractivity contribution in [3.05, 3.63) is 56.5 Å². The number of amides is 1. The zero-order valence-electron chi connectivity index (χ0n) is 13.8. The SMILES string of the molecule is COc1ccc(CSCC(=O)Nc2c(C)cc(C)cc2Cl)cc1Br. The van der Waals surface area contributed by atoms with Crippen LogP contribution in [-0.2, 0) is 10.5 Å². The van der Waals surface area contributed by atoms with Gasteiger partial charge in [0.2, 0.25) is 5.91 Å². The van der Waals surface area contributed by atoms with Crippen molar-refractivity contribution in [2.24, 2.45) is 0 Å². The third kappa shape index (κ3) is 5.16. The van der Waals surface area contributed by atoms with Gasteiger partial charge >= 0.3 is 0 Å². The van der Waals surface area contributed by atoms with Crippen LogP contribution < -0.4 is 10.1 Å². The first-order valence-corrected chi connectivity index (χ1v) is 9.70. The Morgan fingerprint density at radius 1 is 1.29 bits per heavy atom. The largest absolute Gasteiger partial charge is 0.496 e. The molecule has 0 radical (unpaired) electrons. The number of hydrogen-bond acceptors (Lipinski definition) is 3. The second kappa shape index (κ2) is 8.79. The number of hydrogen-bond donors (Lipinski definition) is 1. The van der Waals surface area contributed by atoms with Gasteiger partial charge in [-0.3, -0.25) is 4.79 Å². The Morgan fingerprint density at radius 3 is 2.67 bits per heavy atom. The zero-order valence-corrected chi connectivity index (χ0v) is 16.9. The average molecular weight is 429 g/mol. The van der Waals surface area contributed by atoms with Gasteiger partial charge in [0.25, 0.3) is 0 Å². The molecule has 0 aromatic heterocycles. The Labute approximate surface area is 160 Å². The molecule has 0 bridgehead atoms. The molecule has 0 saturated carbocycles. The molecule has 0 unspecified atom stereocenters. The minimum atomic E-state index is -0.0542. The maximum atomic E-state index is 12.1. The number of rotatable bonds is 6. The summed E-state index contributed by atoms with van der Waals surface area (Å²) >= 11 is 11.2. The summed E-state index contributed by atoms with van der Waals surface area (Å²) in [5, 5.41) is 3.47. The highest BCUT2D eigenvalue weighted by Gasteiger charge is 2.10. The van der Waals surface area contributed by atoms with E-state index in [2.05, 4.69) is 21.2 Å². The number of aryl methyl sites for hydroxylation is 2. The van der Waals surface area contributed by atoms with Crippen LogP contribution in [0.25, 0.3) is 0 Å². The van der Waals surface area contributed by atoms with Gasteiger partial charge in [0.1, 0.15) is 5.75 Å². The molecule has 0 saturated heterocycles. The van der Waals surface area contributed by atoms with Crippen LogP contribution in [0.3, 0.4) is 0 Å². The molecule has 0 aliphatic heterocycles. The number of thioether (sulfide) groups is 1. The molecular weight excluding hydrogens is 410 g/mol. The monoisotopic (exact) mass is 427 g/mol. The van der Waals surface area contributed by atoms with Gasteiger partial charge in [-0.15, -0.1) is 11.8 Å². The lowest BCUT2D eigenvalue weighted by molar-refractivity contribution is -0.113. The summed E-state index contributed by atoms with van der Waals surface area (Å²) in [5.74, 6) is 1.86. The minimum Gasteiger partial charge on any atom is -0.496 e. The summed E-state index contributed by atoms with van der Waals surface area (Å²) < 4.78 is 6.12. The maximum Gasteiger partial charge on any atom is 0.234 e. The molecule has 0 heterocycles. The van der Waals surface area contributed by atoms with Gasteiger partial charge in [0, 0.05) is 5.75 Å². The molecule has 2 rings (SSSR count). The summed E-state index contributed by atoms with van der Waals surface area (Å²) in [6, 6.07) is 9.77. The van der Waals surface area contributed by atoms with Crippen molar-refractivity contribution in [3.8, 4) is 5.75 Å². The predicted octanol–water partition coefficient (Wildman–Crippen LogP) is 5.60. The van der Waals surface area contributed by atoms with Gasteiger partial charge in [-0.25, -0.2) is 0 Å². The van der Waals surface area contributed by atoms with Gasteiger partial charge in [-0.05, 0) is 64.7 Å². The van der Waals surface area contributed by atoms with E-state index in [1.54, 1.807) is 18.9 Å². The molecule has 0 spiro atoms. The quantitative estimate of drug-likeness (QED) is 0.651. The molecule has 0 fully saturated rings. The average Bonchev–Trinajstić information content (AvgIpc) is 2.51. The third-order valence-electron chi connectivity index (χ3n) is 3.41. The summed E-state index contributed by atoms with van der Waals surface area (Å²) in [4.78, 5) is 12.1. The molecule has 0 aliphatic carbocycles. The molecule has 24 heavy (non-hydrogen) atoms. The fourth-order valence-electron chi connectivity index (χ4n) is 2.31. The fourth-order valence-corrected chi connectivity index (χ4v) is 4.04. The second-order valence-corrected chi connectivity index (χ2v) is 7.70. The van der Waals surface area contributed by atoms with Crippen molar-refractivity contribution >= 4 is 50.9 Å². The number of ether oxygens (including phenoxy) is 1. The summed E-state index contributed by atoms with van der Waals surface area (Å²) in [6.45, 7) is 3.92. The standard InChI is InChI=1S/C18H19BrClNO2S/c1-11-6-12(2)18(15(20)7-11)21-17(22)10-24-9-13-4-5-16(23-3)14(19)8-13/h4-8H,9-10H2,1-3H3,(H,21,22). The van der Waals surface area contributed by atoms with E-state index < -0.39 is 0 Å². The van der Waals surface area contributed by atoms with Crippen LogP contribution in [0.2, 0.25) is 5.02 Å². The maximum absolute atomic E-state index is 12.1. The normalized spacial score (nSPS) is 10.5.